The maximum Gasteiger partial charge on any atom is 0.177 e. The van der Waals surface area contributed by atoms with Crippen molar-refractivity contribution >= 4 is 5.69 Å². The molecule has 0 fully saturated rings. The second-order valence-corrected chi connectivity index (χ2v) is 5.25. The van der Waals surface area contributed by atoms with Crippen LogP contribution in [0.5, 0.6) is 5.75 Å². The molecule has 1 heterocycles. The zero-order valence-electron chi connectivity index (χ0n) is 9.71. The van der Waals surface area contributed by atoms with Crippen LogP contribution in [0.4, 0.5) is 5.69 Å². The molecule has 0 aromatic heterocycles. The quantitative estimate of drug-likeness (QED) is 0.638. The molecule has 0 saturated carbocycles. The molecule has 1 aromatic carbocycles. The standard InChI is InChI=1S/C13H19NO/c1-13(2,3)12-9-15-11-8-6-5-7-10(11)14(12)4/h5-8,12,14H,4,9H2,1-3H3. The highest BCUT2D eigenvalue weighted by Crippen LogP contribution is 2.28. The second kappa shape index (κ2) is 3.53. The molecular weight excluding hydrogens is 186 g/mol. The molecule has 15 heavy (non-hydrogen) atoms. The Balaban J connectivity index is 2.34. The summed E-state index contributed by atoms with van der Waals surface area (Å²) < 4.78 is 5.77. The van der Waals surface area contributed by atoms with Gasteiger partial charge in [0.15, 0.2) is 5.75 Å². The van der Waals surface area contributed by atoms with Crippen LogP contribution >= 0.6 is 0 Å². The van der Waals surface area contributed by atoms with Gasteiger partial charge in [0.2, 0.25) is 0 Å². The van der Waals surface area contributed by atoms with Crippen LogP contribution in [0.1, 0.15) is 20.8 Å². The minimum atomic E-state index is 0.213. The summed E-state index contributed by atoms with van der Waals surface area (Å²) >= 11 is 0. The van der Waals surface area contributed by atoms with Gasteiger partial charge < -0.3 is 9.64 Å². The summed E-state index contributed by atoms with van der Waals surface area (Å²) in [5.41, 5.74) is 1.38. The van der Waals surface area contributed by atoms with E-state index in [1.807, 2.05) is 18.2 Å². The molecule has 1 aromatic rings. The van der Waals surface area contributed by atoms with Crippen LogP contribution < -0.4 is 9.64 Å². The van der Waals surface area contributed by atoms with Crippen LogP contribution in [-0.2, 0) is 0 Å². The van der Waals surface area contributed by atoms with Crippen LogP contribution in [0.2, 0.25) is 0 Å². The summed E-state index contributed by atoms with van der Waals surface area (Å²) in [6, 6.07) is 8.56. The van der Waals surface area contributed by atoms with Gasteiger partial charge in [-0.2, -0.15) is 0 Å². The third-order valence-electron chi connectivity index (χ3n) is 3.10. The molecule has 0 radical (unpaired) electrons. The molecule has 2 rings (SSSR count). The van der Waals surface area contributed by atoms with Crippen molar-refractivity contribution in [2.45, 2.75) is 26.8 Å². The van der Waals surface area contributed by atoms with Gasteiger partial charge in [0.05, 0.1) is 0 Å². The van der Waals surface area contributed by atoms with E-state index in [0.29, 0.717) is 6.04 Å². The normalized spacial score (nSPS) is 25.6. The van der Waals surface area contributed by atoms with E-state index in [2.05, 4.69) is 33.9 Å². The highest BCUT2D eigenvalue weighted by atomic mass is 16.5. The molecule has 2 unspecified atom stereocenters. The number of benzene rings is 1. The van der Waals surface area contributed by atoms with Crippen molar-refractivity contribution in [3.05, 3.63) is 31.3 Å². The molecule has 2 heteroatoms. The van der Waals surface area contributed by atoms with E-state index in [-0.39, 0.29) is 5.41 Å². The molecule has 2 atom stereocenters. The summed E-state index contributed by atoms with van der Waals surface area (Å²) in [6.07, 6.45) is 0. The zero-order valence-corrected chi connectivity index (χ0v) is 9.71. The zero-order chi connectivity index (χ0) is 11.1. The fourth-order valence-electron chi connectivity index (χ4n) is 2.09. The van der Waals surface area contributed by atoms with Crippen molar-refractivity contribution in [2.75, 3.05) is 6.61 Å². The lowest BCUT2D eigenvalue weighted by Crippen LogP contribution is -3.09. The van der Waals surface area contributed by atoms with Crippen LogP contribution in [0.25, 0.3) is 0 Å². The average molecular weight is 205 g/mol. The fourth-order valence-corrected chi connectivity index (χ4v) is 2.09. The lowest BCUT2D eigenvalue weighted by Gasteiger charge is -2.42. The lowest BCUT2D eigenvalue weighted by molar-refractivity contribution is -0.827. The van der Waals surface area contributed by atoms with E-state index in [1.165, 1.54) is 10.6 Å². The first-order chi connectivity index (χ1) is 7.00. The molecule has 1 aliphatic heterocycles. The number of nitrogens with one attached hydrogen (secondary N) is 1. The number of para-hydroxylation sites is 2. The van der Waals surface area contributed by atoms with Crippen molar-refractivity contribution in [1.29, 1.82) is 0 Å². The number of fused-ring (bicyclic) bond motifs is 1. The Morgan fingerprint density at radius 1 is 1.33 bits per heavy atom. The van der Waals surface area contributed by atoms with Crippen molar-refractivity contribution in [2.24, 2.45) is 5.41 Å². The molecule has 0 bridgehead atoms. The molecule has 82 valence electrons. The van der Waals surface area contributed by atoms with Crippen molar-refractivity contribution in [1.82, 2.24) is 0 Å². The SMILES string of the molecule is [CH2-][NH+]1c2ccccc2OCC1C(C)(C)C. The van der Waals surface area contributed by atoms with Gasteiger partial charge in [-0.25, -0.2) is 0 Å². The molecule has 0 aliphatic carbocycles. The van der Waals surface area contributed by atoms with E-state index in [0.717, 1.165) is 12.4 Å². The summed E-state index contributed by atoms with van der Waals surface area (Å²) in [7, 11) is 4.22. The van der Waals surface area contributed by atoms with E-state index in [4.69, 9.17) is 4.74 Å². The number of ether oxygens (including phenoxy) is 1. The van der Waals surface area contributed by atoms with Crippen LogP contribution in [0.3, 0.4) is 0 Å². The Kier molecular flexibility index (Phi) is 2.47. The van der Waals surface area contributed by atoms with Gasteiger partial charge in [0, 0.05) is 11.5 Å². The van der Waals surface area contributed by atoms with E-state index < -0.39 is 0 Å². The van der Waals surface area contributed by atoms with Crippen molar-refractivity contribution < 1.29 is 9.64 Å². The number of hydrogen-bond donors (Lipinski definition) is 1. The van der Waals surface area contributed by atoms with Gasteiger partial charge in [0.1, 0.15) is 18.3 Å². The highest BCUT2D eigenvalue weighted by molar-refractivity contribution is 5.46. The van der Waals surface area contributed by atoms with Gasteiger partial charge in [-0.05, 0) is 6.07 Å². The van der Waals surface area contributed by atoms with Gasteiger partial charge in [-0.3, -0.25) is 0 Å². The van der Waals surface area contributed by atoms with E-state index >= 15 is 0 Å². The predicted octanol–water partition coefficient (Wildman–Crippen LogP) is 1.80. The van der Waals surface area contributed by atoms with Gasteiger partial charge in [-0.1, -0.05) is 32.9 Å². The van der Waals surface area contributed by atoms with Crippen LogP contribution in [0.15, 0.2) is 24.3 Å². The Bertz CT molecular complexity index is 354. The topological polar surface area (TPSA) is 13.7 Å². The molecule has 1 N–H and O–H groups in total. The maximum atomic E-state index is 5.77. The lowest BCUT2D eigenvalue weighted by atomic mass is 9.85. The molecule has 2 nitrogen and oxygen atoms in total. The number of quaternary nitrogens is 1. The Labute approximate surface area is 91.9 Å². The van der Waals surface area contributed by atoms with Gasteiger partial charge in [-0.15, -0.1) is 7.05 Å². The third-order valence-corrected chi connectivity index (χ3v) is 3.10. The molecule has 1 aliphatic rings. The summed E-state index contributed by atoms with van der Waals surface area (Å²) in [5, 5.41) is 0. The minimum Gasteiger partial charge on any atom is -0.481 e. The second-order valence-electron chi connectivity index (χ2n) is 5.25. The fraction of sp³-hybridized carbons (Fsp3) is 0.462. The highest BCUT2D eigenvalue weighted by Gasteiger charge is 2.35. The Morgan fingerprint density at radius 2 is 2.00 bits per heavy atom. The van der Waals surface area contributed by atoms with Crippen molar-refractivity contribution in [3.63, 3.8) is 0 Å². The number of hydrogen-bond acceptors (Lipinski definition) is 1. The van der Waals surface area contributed by atoms with E-state index in [1.54, 1.807) is 0 Å². The Morgan fingerprint density at radius 3 is 2.67 bits per heavy atom. The summed E-state index contributed by atoms with van der Waals surface area (Å²) in [4.78, 5) is 1.21. The molecule has 0 amide bonds. The first kappa shape index (κ1) is 10.5. The average Bonchev–Trinajstić information content (AvgIpc) is 2.16. The maximum absolute atomic E-state index is 5.77. The molecule has 0 spiro atoms. The van der Waals surface area contributed by atoms with Crippen LogP contribution in [-0.4, -0.2) is 12.6 Å². The third kappa shape index (κ3) is 1.86. The summed E-state index contributed by atoms with van der Waals surface area (Å²) in [6.45, 7) is 7.46. The Hall–Kier alpha value is -1.02. The van der Waals surface area contributed by atoms with Gasteiger partial charge in [0.25, 0.3) is 0 Å². The monoisotopic (exact) mass is 205 g/mol. The van der Waals surface area contributed by atoms with Gasteiger partial charge >= 0.3 is 0 Å². The summed E-state index contributed by atoms with van der Waals surface area (Å²) in [5.74, 6) is 0.975. The minimum absolute atomic E-state index is 0.213. The molecular formula is C13H19NO. The van der Waals surface area contributed by atoms with Crippen molar-refractivity contribution in [3.8, 4) is 5.75 Å². The van der Waals surface area contributed by atoms with E-state index in [9.17, 15) is 0 Å². The largest absolute Gasteiger partial charge is 0.481 e. The predicted molar refractivity (Wildman–Crippen MR) is 61.2 cm³/mol. The smallest absolute Gasteiger partial charge is 0.177 e. The van der Waals surface area contributed by atoms with Crippen LogP contribution in [0, 0.1) is 12.5 Å². The number of rotatable bonds is 0. The first-order valence-electron chi connectivity index (χ1n) is 5.41. The molecule has 0 saturated heterocycles. The first-order valence-corrected chi connectivity index (χ1v) is 5.41.